The van der Waals surface area contributed by atoms with Crippen LogP contribution in [-0.4, -0.2) is 25.2 Å². The summed E-state index contributed by atoms with van der Waals surface area (Å²) in [7, 11) is 0. The van der Waals surface area contributed by atoms with Crippen molar-refractivity contribution >= 4 is 5.82 Å². The molecule has 0 radical (unpaired) electrons. The molecule has 6 nitrogen and oxygen atoms in total. The van der Waals surface area contributed by atoms with Gasteiger partial charge >= 0.3 is 0 Å². The van der Waals surface area contributed by atoms with Gasteiger partial charge in [-0.05, 0) is 24.3 Å². The van der Waals surface area contributed by atoms with Gasteiger partial charge in [0.2, 0.25) is 5.82 Å². The molecule has 0 spiro atoms. The molecular formula is C8H10N6. The molecule has 14 heavy (non-hydrogen) atoms. The lowest BCUT2D eigenvalue weighted by molar-refractivity contribution is 0.553. The van der Waals surface area contributed by atoms with Crippen molar-refractivity contribution < 1.29 is 0 Å². The number of pyridine rings is 1. The van der Waals surface area contributed by atoms with Gasteiger partial charge in [0.25, 0.3) is 0 Å². The summed E-state index contributed by atoms with van der Waals surface area (Å²) < 4.78 is 0. The predicted molar refractivity (Wildman–Crippen MR) is 51.1 cm³/mol. The summed E-state index contributed by atoms with van der Waals surface area (Å²) in [6.45, 7) is 2.63. The number of tetrazole rings is 1. The van der Waals surface area contributed by atoms with Crippen LogP contribution >= 0.6 is 0 Å². The van der Waals surface area contributed by atoms with E-state index in [1.165, 1.54) is 4.80 Å². The van der Waals surface area contributed by atoms with Gasteiger partial charge in [0.15, 0.2) is 0 Å². The third-order valence-electron chi connectivity index (χ3n) is 1.82. The second-order valence-electron chi connectivity index (χ2n) is 2.74. The Kier molecular flexibility index (Phi) is 2.10. The Bertz CT molecular complexity index is 435. The molecule has 6 heteroatoms. The highest BCUT2D eigenvalue weighted by molar-refractivity contribution is 5.66. The van der Waals surface area contributed by atoms with E-state index in [-0.39, 0.29) is 0 Å². The number of rotatable bonds is 2. The summed E-state index contributed by atoms with van der Waals surface area (Å²) in [6.07, 6.45) is 1.63. The molecule has 2 N–H and O–H groups in total. The van der Waals surface area contributed by atoms with E-state index in [1.54, 1.807) is 12.3 Å². The van der Waals surface area contributed by atoms with Gasteiger partial charge in [0, 0.05) is 6.20 Å². The van der Waals surface area contributed by atoms with Crippen LogP contribution in [-0.2, 0) is 6.54 Å². The number of nitrogen functional groups attached to an aromatic ring is 1. The summed E-state index contributed by atoms with van der Waals surface area (Å²) in [5.41, 5.74) is 6.39. The molecule has 0 unspecified atom stereocenters. The van der Waals surface area contributed by atoms with E-state index in [9.17, 15) is 0 Å². The van der Waals surface area contributed by atoms with Gasteiger partial charge in [-0.2, -0.15) is 4.80 Å². The summed E-state index contributed by atoms with van der Waals surface area (Å²) in [5.74, 6) is 0.931. The average molecular weight is 190 g/mol. The SMILES string of the molecule is CCn1nnc(-c2cccnc2N)n1. The molecule has 0 bridgehead atoms. The van der Waals surface area contributed by atoms with Crippen molar-refractivity contribution in [2.45, 2.75) is 13.5 Å². The fourth-order valence-corrected chi connectivity index (χ4v) is 1.09. The van der Waals surface area contributed by atoms with Crippen LogP contribution in [0.25, 0.3) is 11.4 Å². The van der Waals surface area contributed by atoms with Crippen LogP contribution in [0, 0.1) is 0 Å². The Morgan fingerprint density at radius 2 is 2.36 bits per heavy atom. The second kappa shape index (κ2) is 3.41. The van der Waals surface area contributed by atoms with Gasteiger partial charge in [-0.1, -0.05) is 0 Å². The maximum absolute atomic E-state index is 5.68. The van der Waals surface area contributed by atoms with Gasteiger partial charge in [0.1, 0.15) is 5.82 Å². The Morgan fingerprint density at radius 1 is 1.50 bits per heavy atom. The van der Waals surface area contributed by atoms with E-state index >= 15 is 0 Å². The maximum atomic E-state index is 5.68. The number of aromatic nitrogens is 5. The number of hydrogen-bond donors (Lipinski definition) is 1. The van der Waals surface area contributed by atoms with Gasteiger partial charge in [-0.25, -0.2) is 4.98 Å². The highest BCUT2D eigenvalue weighted by Crippen LogP contribution is 2.18. The highest BCUT2D eigenvalue weighted by atomic mass is 15.6. The average Bonchev–Trinajstić information content (AvgIpc) is 2.67. The molecule has 0 aliphatic carbocycles. The van der Waals surface area contributed by atoms with Crippen molar-refractivity contribution in [2.24, 2.45) is 0 Å². The zero-order valence-electron chi connectivity index (χ0n) is 7.75. The van der Waals surface area contributed by atoms with Crippen LogP contribution in [0.4, 0.5) is 5.82 Å². The molecule has 72 valence electrons. The fourth-order valence-electron chi connectivity index (χ4n) is 1.09. The zero-order valence-corrected chi connectivity index (χ0v) is 7.75. The van der Waals surface area contributed by atoms with E-state index in [1.807, 2.05) is 13.0 Å². The normalized spacial score (nSPS) is 10.4. The van der Waals surface area contributed by atoms with E-state index in [2.05, 4.69) is 20.4 Å². The monoisotopic (exact) mass is 190 g/mol. The third kappa shape index (κ3) is 1.41. The lowest BCUT2D eigenvalue weighted by Gasteiger charge is -1.96. The first kappa shape index (κ1) is 8.61. The maximum Gasteiger partial charge on any atom is 0.208 e. The van der Waals surface area contributed by atoms with Gasteiger partial charge < -0.3 is 5.73 Å². The topological polar surface area (TPSA) is 82.5 Å². The lowest BCUT2D eigenvalue weighted by atomic mass is 10.2. The first-order valence-electron chi connectivity index (χ1n) is 4.30. The summed E-state index contributed by atoms with van der Waals surface area (Å²) in [5, 5.41) is 11.9. The molecular weight excluding hydrogens is 180 g/mol. The molecule has 0 aliphatic rings. The molecule has 0 amide bonds. The number of hydrogen-bond acceptors (Lipinski definition) is 5. The first-order valence-corrected chi connectivity index (χ1v) is 4.30. The molecule has 2 aromatic heterocycles. The largest absolute Gasteiger partial charge is 0.383 e. The number of nitrogens with zero attached hydrogens (tertiary/aromatic N) is 5. The minimum Gasteiger partial charge on any atom is -0.383 e. The second-order valence-corrected chi connectivity index (χ2v) is 2.74. The quantitative estimate of drug-likeness (QED) is 0.738. The standard InChI is InChI=1S/C8H10N6/c1-2-14-12-8(11-13-14)6-4-3-5-10-7(6)9/h3-5H,2H2,1H3,(H2,9,10). The molecule has 0 saturated heterocycles. The van der Waals surface area contributed by atoms with Crippen molar-refractivity contribution in [1.82, 2.24) is 25.2 Å². The lowest BCUT2D eigenvalue weighted by Crippen LogP contribution is -1.99. The highest BCUT2D eigenvalue weighted by Gasteiger charge is 2.08. The molecule has 2 aromatic rings. The fraction of sp³-hybridized carbons (Fsp3) is 0.250. The van der Waals surface area contributed by atoms with Crippen LogP contribution in [0.2, 0.25) is 0 Å². The molecule has 2 rings (SSSR count). The van der Waals surface area contributed by atoms with Crippen LogP contribution in [0.3, 0.4) is 0 Å². The van der Waals surface area contributed by atoms with Crippen LogP contribution in [0.1, 0.15) is 6.92 Å². The van der Waals surface area contributed by atoms with Crippen molar-refractivity contribution in [3.05, 3.63) is 18.3 Å². The number of aryl methyl sites for hydroxylation is 1. The molecule has 0 aliphatic heterocycles. The minimum absolute atomic E-state index is 0.420. The van der Waals surface area contributed by atoms with Crippen molar-refractivity contribution in [3.63, 3.8) is 0 Å². The molecule has 0 fully saturated rings. The number of anilines is 1. The molecule has 0 aromatic carbocycles. The van der Waals surface area contributed by atoms with E-state index in [4.69, 9.17) is 5.73 Å². The molecule has 2 heterocycles. The van der Waals surface area contributed by atoms with Gasteiger partial charge in [0.05, 0.1) is 12.1 Å². The van der Waals surface area contributed by atoms with Crippen molar-refractivity contribution in [2.75, 3.05) is 5.73 Å². The molecule has 0 atom stereocenters. The Labute approximate surface area is 80.8 Å². The Morgan fingerprint density at radius 3 is 3.00 bits per heavy atom. The van der Waals surface area contributed by atoms with Crippen LogP contribution in [0.15, 0.2) is 18.3 Å². The predicted octanol–water partition coefficient (Wildman–Crippen LogP) is 0.337. The van der Waals surface area contributed by atoms with Gasteiger partial charge in [-0.3, -0.25) is 0 Å². The summed E-state index contributed by atoms with van der Waals surface area (Å²) in [6, 6.07) is 3.61. The number of nitrogens with two attached hydrogens (primary N) is 1. The van der Waals surface area contributed by atoms with Crippen LogP contribution in [0.5, 0.6) is 0 Å². The van der Waals surface area contributed by atoms with E-state index in [0.29, 0.717) is 23.8 Å². The Hall–Kier alpha value is -1.98. The summed E-state index contributed by atoms with van der Waals surface area (Å²) in [4.78, 5) is 5.45. The van der Waals surface area contributed by atoms with E-state index in [0.717, 1.165) is 0 Å². The Balaban J connectivity index is 2.44. The first-order chi connectivity index (χ1) is 6.81. The third-order valence-corrected chi connectivity index (χ3v) is 1.82. The molecule has 0 saturated carbocycles. The minimum atomic E-state index is 0.420. The van der Waals surface area contributed by atoms with E-state index < -0.39 is 0 Å². The van der Waals surface area contributed by atoms with Crippen LogP contribution < -0.4 is 5.73 Å². The summed E-state index contributed by atoms with van der Waals surface area (Å²) >= 11 is 0. The smallest absolute Gasteiger partial charge is 0.208 e. The van der Waals surface area contributed by atoms with Crippen molar-refractivity contribution in [1.29, 1.82) is 0 Å². The zero-order chi connectivity index (χ0) is 9.97. The van der Waals surface area contributed by atoms with Gasteiger partial charge in [-0.15, -0.1) is 10.2 Å². The van der Waals surface area contributed by atoms with Crippen molar-refractivity contribution in [3.8, 4) is 11.4 Å².